The third-order valence-corrected chi connectivity index (χ3v) is 3.88. The van der Waals surface area contributed by atoms with E-state index in [2.05, 4.69) is 32.5 Å². The van der Waals surface area contributed by atoms with Crippen LogP contribution >= 0.6 is 11.8 Å². The Kier molecular flexibility index (Phi) is 5.50. The van der Waals surface area contributed by atoms with Crippen LogP contribution in [-0.4, -0.2) is 46.2 Å². The molecule has 6 nitrogen and oxygen atoms in total. The highest BCUT2D eigenvalue weighted by molar-refractivity contribution is 7.99. The van der Waals surface area contributed by atoms with E-state index in [-0.39, 0.29) is 0 Å². The van der Waals surface area contributed by atoms with Gasteiger partial charge in [-0.3, -0.25) is 0 Å². The first-order chi connectivity index (χ1) is 9.31. The Bertz CT molecular complexity index is 398. The van der Waals surface area contributed by atoms with Gasteiger partial charge in [0.25, 0.3) is 0 Å². The molecular formula is C12H21N5OS. The molecule has 1 aromatic heterocycles. The number of anilines is 2. The largest absolute Gasteiger partial charge is 0.463 e. The lowest BCUT2D eigenvalue weighted by atomic mass is 10.2. The van der Waals surface area contributed by atoms with Crippen molar-refractivity contribution in [3.63, 3.8) is 0 Å². The minimum atomic E-state index is 0.383. The molecule has 7 heteroatoms. The van der Waals surface area contributed by atoms with E-state index < -0.39 is 0 Å². The smallest absolute Gasteiger partial charge is 0.323 e. The van der Waals surface area contributed by atoms with Gasteiger partial charge in [0.15, 0.2) is 0 Å². The highest BCUT2D eigenvalue weighted by atomic mass is 32.2. The van der Waals surface area contributed by atoms with Gasteiger partial charge in [-0.1, -0.05) is 6.92 Å². The summed E-state index contributed by atoms with van der Waals surface area (Å²) in [5, 5.41) is 6.31. The Hall–Kier alpha value is -1.24. The first-order valence-electron chi connectivity index (χ1n) is 6.72. The molecule has 0 radical (unpaired) electrons. The molecule has 0 spiro atoms. The maximum Gasteiger partial charge on any atom is 0.323 e. The fourth-order valence-corrected chi connectivity index (χ4v) is 2.92. The van der Waals surface area contributed by atoms with Gasteiger partial charge in [-0.25, -0.2) is 0 Å². The molecule has 0 unspecified atom stereocenters. The first kappa shape index (κ1) is 14.2. The molecule has 1 fully saturated rings. The molecule has 2 rings (SSSR count). The topological polar surface area (TPSA) is 72.0 Å². The second-order valence-electron chi connectivity index (χ2n) is 4.39. The van der Waals surface area contributed by atoms with Crippen molar-refractivity contribution in [2.24, 2.45) is 0 Å². The Balaban J connectivity index is 2.04. The summed E-state index contributed by atoms with van der Waals surface area (Å²) in [5.74, 6) is 3.53. The molecule has 19 heavy (non-hydrogen) atoms. The predicted molar refractivity (Wildman–Crippen MR) is 79.1 cm³/mol. The van der Waals surface area contributed by atoms with Gasteiger partial charge in [0.1, 0.15) is 0 Å². The second kappa shape index (κ2) is 7.37. The summed E-state index contributed by atoms with van der Waals surface area (Å²) in [5.41, 5.74) is 0. The monoisotopic (exact) mass is 283 g/mol. The number of aromatic nitrogens is 3. The molecule has 1 saturated heterocycles. The molecule has 0 bridgehead atoms. The molecule has 0 amide bonds. The van der Waals surface area contributed by atoms with Crippen molar-refractivity contribution in [2.75, 3.05) is 35.8 Å². The zero-order valence-corrected chi connectivity index (χ0v) is 12.3. The summed E-state index contributed by atoms with van der Waals surface area (Å²) in [7, 11) is 1.79. The van der Waals surface area contributed by atoms with Crippen molar-refractivity contribution in [2.45, 2.75) is 32.2 Å². The van der Waals surface area contributed by atoms with Crippen LogP contribution in [0.15, 0.2) is 0 Å². The fourth-order valence-electron chi connectivity index (χ4n) is 1.82. The Labute approximate surface area is 118 Å². The molecule has 1 aromatic rings. The summed E-state index contributed by atoms with van der Waals surface area (Å²) in [6, 6.07) is 0.835. The van der Waals surface area contributed by atoms with Crippen LogP contribution in [0.25, 0.3) is 0 Å². The quantitative estimate of drug-likeness (QED) is 0.827. The number of thioether (sulfide) groups is 1. The molecule has 1 aliphatic rings. The van der Waals surface area contributed by atoms with Crippen LogP contribution in [0.4, 0.5) is 11.9 Å². The molecular weight excluding hydrogens is 262 g/mol. The van der Waals surface area contributed by atoms with E-state index in [0.29, 0.717) is 30.6 Å². The Morgan fingerprint density at radius 2 is 1.95 bits per heavy atom. The molecule has 1 aliphatic heterocycles. The van der Waals surface area contributed by atoms with Crippen LogP contribution in [0.5, 0.6) is 6.01 Å². The van der Waals surface area contributed by atoms with Crippen LogP contribution in [0.1, 0.15) is 26.2 Å². The van der Waals surface area contributed by atoms with Gasteiger partial charge in [-0.2, -0.15) is 26.7 Å². The zero-order chi connectivity index (χ0) is 13.5. The average molecular weight is 283 g/mol. The van der Waals surface area contributed by atoms with E-state index in [9.17, 15) is 0 Å². The van der Waals surface area contributed by atoms with Gasteiger partial charge in [0.05, 0.1) is 6.61 Å². The summed E-state index contributed by atoms with van der Waals surface area (Å²) < 4.78 is 5.48. The Morgan fingerprint density at radius 1 is 1.21 bits per heavy atom. The van der Waals surface area contributed by atoms with Gasteiger partial charge in [-0.15, -0.1) is 0 Å². The number of hydrogen-bond acceptors (Lipinski definition) is 7. The first-order valence-corrected chi connectivity index (χ1v) is 7.88. The minimum Gasteiger partial charge on any atom is -0.463 e. The minimum absolute atomic E-state index is 0.383. The number of nitrogens with zero attached hydrogens (tertiary/aromatic N) is 3. The lowest BCUT2D eigenvalue weighted by Crippen LogP contribution is -2.26. The molecule has 0 aromatic carbocycles. The lowest BCUT2D eigenvalue weighted by Gasteiger charge is -2.22. The van der Waals surface area contributed by atoms with E-state index in [4.69, 9.17) is 4.74 Å². The van der Waals surface area contributed by atoms with Crippen LogP contribution in [0, 0.1) is 0 Å². The highest BCUT2D eigenvalue weighted by Gasteiger charge is 2.15. The Morgan fingerprint density at radius 3 is 2.63 bits per heavy atom. The van der Waals surface area contributed by atoms with Gasteiger partial charge in [-0.05, 0) is 30.8 Å². The summed E-state index contributed by atoms with van der Waals surface area (Å²) in [6.07, 6.45) is 3.23. The van der Waals surface area contributed by atoms with Crippen molar-refractivity contribution in [3.05, 3.63) is 0 Å². The summed E-state index contributed by atoms with van der Waals surface area (Å²) >= 11 is 2.00. The maximum absolute atomic E-state index is 5.48. The SMILES string of the molecule is CCCOc1nc(NC)nc(NC2CCSCC2)n1. The standard InChI is InChI=1S/C12H21N5OS/c1-3-6-18-12-16-10(13-2)15-11(17-12)14-9-4-7-19-8-5-9/h9H,3-8H2,1-2H3,(H2,13,14,15,16,17). The van der Waals surface area contributed by atoms with Crippen molar-refractivity contribution < 1.29 is 4.74 Å². The molecule has 0 atom stereocenters. The molecule has 2 heterocycles. The number of nitrogens with one attached hydrogen (secondary N) is 2. The lowest BCUT2D eigenvalue weighted by molar-refractivity contribution is 0.292. The molecule has 106 valence electrons. The van der Waals surface area contributed by atoms with Gasteiger partial charge in [0, 0.05) is 13.1 Å². The summed E-state index contributed by atoms with van der Waals surface area (Å²) in [4.78, 5) is 12.8. The van der Waals surface area contributed by atoms with Crippen LogP contribution in [0.2, 0.25) is 0 Å². The maximum atomic E-state index is 5.48. The zero-order valence-electron chi connectivity index (χ0n) is 11.5. The van der Waals surface area contributed by atoms with E-state index in [1.54, 1.807) is 7.05 Å². The number of rotatable bonds is 6. The van der Waals surface area contributed by atoms with Crippen LogP contribution in [-0.2, 0) is 0 Å². The normalized spacial score (nSPS) is 16.1. The van der Waals surface area contributed by atoms with Crippen molar-refractivity contribution in [3.8, 4) is 6.01 Å². The summed E-state index contributed by atoms with van der Waals surface area (Å²) in [6.45, 7) is 2.67. The van der Waals surface area contributed by atoms with Gasteiger partial charge in [0.2, 0.25) is 11.9 Å². The highest BCUT2D eigenvalue weighted by Crippen LogP contribution is 2.20. The van der Waals surface area contributed by atoms with Crippen molar-refractivity contribution >= 4 is 23.7 Å². The van der Waals surface area contributed by atoms with E-state index in [0.717, 1.165) is 19.3 Å². The van der Waals surface area contributed by atoms with Crippen LogP contribution in [0.3, 0.4) is 0 Å². The van der Waals surface area contributed by atoms with Crippen molar-refractivity contribution in [1.82, 2.24) is 15.0 Å². The molecule has 0 saturated carbocycles. The van der Waals surface area contributed by atoms with Gasteiger partial charge >= 0.3 is 6.01 Å². The van der Waals surface area contributed by atoms with Gasteiger partial charge < -0.3 is 15.4 Å². The predicted octanol–water partition coefficient (Wildman–Crippen LogP) is 2.01. The van der Waals surface area contributed by atoms with Crippen LogP contribution < -0.4 is 15.4 Å². The number of hydrogen-bond donors (Lipinski definition) is 2. The number of ether oxygens (including phenoxy) is 1. The third kappa shape index (κ3) is 4.41. The molecule has 2 N–H and O–H groups in total. The second-order valence-corrected chi connectivity index (χ2v) is 5.62. The van der Waals surface area contributed by atoms with E-state index in [1.807, 2.05) is 11.8 Å². The van der Waals surface area contributed by atoms with E-state index in [1.165, 1.54) is 11.5 Å². The fraction of sp³-hybridized carbons (Fsp3) is 0.750. The van der Waals surface area contributed by atoms with E-state index >= 15 is 0 Å². The molecule has 0 aliphatic carbocycles. The average Bonchev–Trinajstić information content (AvgIpc) is 2.46. The van der Waals surface area contributed by atoms with Crippen molar-refractivity contribution in [1.29, 1.82) is 0 Å². The third-order valence-electron chi connectivity index (χ3n) is 2.83.